The van der Waals surface area contributed by atoms with Crippen molar-refractivity contribution in [3.05, 3.63) is 29.8 Å². The Bertz CT molecular complexity index is 1040. The minimum atomic E-state index is -4.76. The number of halogens is 3. The number of rotatable bonds is 7. The SMILES string of the molecule is O=C(NC1CC1)C1CCN(c2ccc(NC(O)c3oc(N4CCCCC4)nc3C(F)(F)F)cn2)CC1. The zero-order valence-corrected chi connectivity index (χ0v) is 19.9. The molecule has 1 saturated carbocycles. The number of aromatic nitrogens is 2. The third-order valence-corrected chi connectivity index (χ3v) is 6.95. The van der Waals surface area contributed by atoms with Gasteiger partial charge in [0.1, 0.15) is 5.82 Å². The first-order chi connectivity index (χ1) is 17.3. The molecule has 3 N–H and O–H groups in total. The molecule has 2 aromatic heterocycles. The van der Waals surface area contributed by atoms with Crippen LogP contribution in [-0.2, 0) is 11.0 Å². The third kappa shape index (κ3) is 5.69. The number of anilines is 3. The van der Waals surface area contributed by atoms with E-state index in [-0.39, 0.29) is 17.8 Å². The smallest absolute Gasteiger partial charge is 0.423 e. The number of pyridine rings is 1. The summed E-state index contributed by atoms with van der Waals surface area (Å²) in [6, 6.07) is 3.62. The van der Waals surface area contributed by atoms with Gasteiger partial charge in [-0.05, 0) is 57.1 Å². The fraction of sp³-hybridized carbons (Fsp3) is 0.625. The lowest BCUT2D eigenvalue weighted by Crippen LogP contribution is -2.41. The van der Waals surface area contributed by atoms with E-state index < -0.39 is 23.9 Å². The van der Waals surface area contributed by atoms with Gasteiger partial charge in [-0.25, -0.2) is 4.98 Å². The quantitative estimate of drug-likeness (QED) is 0.487. The molecule has 3 aliphatic rings. The second kappa shape index (κ2) is 10.2. The van der Waals surface area contributed by atoms with E-state index in [1.165, 1.54) is 6.20 Å². The summed E-state index contributed by atoms with van der Waals surface area (Å²) in [5.41, 5.74) is -0.893. The van der Waals surface area contributed by atoms with Crippen LogP contribution in [-0.4, -0.2) is 53.2 Å². The molecular formula is C24H31F3N6O3. The molecule has 0 aromatic carbocycles. The fourth-order valence-electron chi connectivity index (χ4n) is 4.73. The molecule has 12 heteroatoms. The van der Waals surface area contributed by atoms with Crippen LogP contribution in [0.15, 0.2) is 22.7 Å². The Labute approximate surface area is 207 Å². The second-order valence-electron chi connectivity index (χ2n) is 9.75. The summed E-state index contributed by atoms with van der Waals surface area (Å²) < 4.78 is 46.2. The molecule has 0 bridgehead atoms. The van der Waals surface area contributed by atoms with Crippen LogP contribution in [0.1, 0.15) is 62.6 Å². The van der Waals surface area contributed by atoms with Gasteiger partial charge >= 0.3 is 6.18 Å². The van der Waals surface area contributed by atoms with Crippen molar-refractivity contribution < 1.29 is 27.5 Å². The Balaban J connectivity index is 1.21. The lowest BCUT2D eigenvalue weighted by atomic mass is 9.96. The molecule has 1 aliphatic carbocycles. The number of amides is 1. The molecule has 2 saturated heterocycles. The van der Waals surface area contributed by atoms with Crippen LogP contribution in [0.3, 0.4) is 0 Å². The Hall–Kier alpha value is -3.02. The highest BCUT2D eigenvalue weighted by atomic mass is 19.4. The number of aliphatic hydroxyl groups excluding tert-OH is 1. The molecular weight excluding hydrogens is 477 g/mol. The number of carbonyl (C=O) groups excluding carboxylic acids is 1. The van der Waals surface area contributed by atoms with Crippen LogP contribution in [0.2, 0.25) is 0 Å². The van der Waals surface area contributed by atoms with Crippen LogP contribution in [0, 0.1) is 5.92 Å². The zero-order valence-electron chi connectivity index (χ0n) is 19.9. The highest BCUT2D eigenvalue weighted by molar-refractivity contribution is 5.79. The lowest BCUT2D eigenvalue weighted by Gasteiger charge is -2.32. The summed E-state index contributed by atoms with van der Waals surface area (Å²) in [6.45, 7) is 2.51. The number of hydrogen-bond acceptors (Lipinski definition) is 8. The van der Waals surface area contributed by atoms with Crippen LogP contribution >= 0.6 is 0 Å². The predicted octanol–water partition coefficient (Wildman–Crippen LogP) is 3.68. The van der Waals surface area contributed by atoms with Crippen molar-refractivity contribution in [2.24, 2.45) is 5.92 Å². The molecule has 1 atom stereocenters. The third-order valence-electron chi connectivity index (χ3n) is 6.95. The Morgan fingerprint density at radius 1 is 1.06 bits per heavy atom. The summed E-state index contributed by atoms with van der Waals surface area (Å²) in [5.74, 6) is 0.183. The molecule has 4 heterocycles. The number of piperidine rings is 2. The van der Waals surface area contributed by atoms with Crippen molar-refractivity contribution in [2.75, 3.05) is 41.3 Å². The minimum Gasteiger partial charge on any atom is -0.423 e. The van der Waals surface area contributed by atoms with Gasteiger partial charge in [0, 0.05) is 38.1 Å². The average molecular weight is 509 g/mol. The molecule has 36 heavy (non-hydrogen) atoms. The van der Waals surface area contributed by atoms with E-state index in [0.29, 0.717) is 43.7 Å². The highest BCUT2D eigenvalue weighted by Crippen LogP contribution is 2.37. The van der Waals surface area contributed by atoms with Gasteiger partial charge in [-0.1, -0.05) is 0 Å². The van der Waals surface area contributed by atoms with Crippen molar-refractivity contribution >= 4 is 23.4 Å². The number of alkyl halides is 3. The van der Waals surface area contributed by atoms with E-state index in [4.69, 9.17) is 4.42 Å². The maximum atomic E-state index is 13.6. The van der Waals surface area contributed by atoms with Crippen LogP contribution in [0.5, 0.6) is 0 Å². The predicted molar refractivity (Wildman–Crippen MR) is 126 cm³/mol. The molecule has 2 aromatic rings. The standard InChI is InChI=1S/C24H31F3N6O3/c25-24(26,27)20-19(36-23(31-20)33-10-2-1-3-11-33)22(35)30-17-6-7-18(28-14-17)32-12-8-15(9-13-32)21(34)29-16-4-5-16/h6-7,14-16,22,30,35H,1-5,8-13H2,(H,29,34). The van der Waals surface area contributed by atoms with Crippen LogP contribution < -0.4 is 20.4 Å². The Kier molecular flexibility index (Phi) is 6.96. The van der Waals surface area contributed by atoms with E-state index >= 15 is 0 Å². The van der Waals surface area contributed by atoms with Crippen molar-refractivity contribution in [3.8, 4) is 0 Å². The molecule has 196 valence electrons. The first-order valence-corrected chi connectivity index (χ1v) is 12.6. The van der Waals surface area contributed by atoms with Crippen molar-refractivity contribution in [1.82, 2.24) is 15.3 Å². The van der Waals surface area contributed by atoms with Gasteiger partial charge in [0.2, 0.25) is 5.91 Å². The largest absolute Gasteiger partial charge is 0.437 e. The van der Waals surface area contributed by atoms with Gasteiger partial charge in [-0.15, -0.1) is 0 Å². The van der Waals surface area contributed by atoms with Crippen LogP contribution in [0.4, 0.5) is 30.7 Å². The van der Waals surface area contributed by atoms with Crippen LogP contribution in [0.25, 0.3) is 0 Å². The zero-order chi connectivity index (χ0) is 25.3. The minimum absolute atomic E-state index is 0.0116. The molecule has 1 amide bonds. The summed E-state index contributed by atoms with van der Waals surface area (Å²) >= 11 is 0. The molecule has 0 radical (unpaired) electrons. The second-order valence-corrected chi connectivity index (χ2v) is 9.75. The fourth-order valence-corrected chi connectivity index (χ4v) is 4.73. The van der Waals surface area contributed by atoms with E-state index in [1.54, 1.807) is 17.0 Å². The number of aliphatic hydroxyl groups is 1. The first kappa shape index (κ1) is 24.7. The van der Waals surface area contributed by atoms with Gasteiger partial charge in [0.25, 0.3) is 6.01 Å². The Morgan fingerprint density at radius 3 is 2.39 bits per heavy atom. The van der Waals surface area contributed by atoms with Crippen molar-refractivity contribution in [2.45, 2.75) is 63.4 Å². The molecule has 0 spiro atoms. The first-order valence-electron chi connectivity index (χ1n) is 12.6. The normalized spacial score (nSPS) is 20.3. The summed E-state index contributed by atoms with van der Waals surface area (Å²) in [7, 11) is 0. The van der Waals surface area contributed by atoms with Gasteiger partial charge in [0.15, 0.2) is 17.7 Å². The van der Waals surface area contributed by atoms with Gasteiger partial charge in [0.05, 0.1) is 11.9 Å². The summed E-state index contributed by atoms with van der Waals surface area (Å²) in [5, 5.41) is 16.2. The lowest BCUT2D eigenvalue weighted by molar-refractivity contribution is -0.143. The average Bonchev–Trinajstić information content (AvgIpc) is 3.56. The van der Waals surface area contributed by atoms with Crippen molar-refractivity contribution in [1.29, 1.82) is 0 Å². The summed E-state index contributed by atoms with van der Waals surface area (Å²) in [4.78, 5) is 24.1. The van der Waals surface area contributed by atoms with Gasteiger partial charge in [-0.2, -0.15) is 18.2 Å². The summed E-state index contributed by atoms with van der Waals surface area (Å²) in [6.07, 6.45) is 1.27. The van der Waals surface area contributed by atoms with Gasteiger partial charge < -0.3 is 30.0 Å². The highest BCUT2D eigenvalue weighted by Gasteiger charge is 2.42. The molecule has 1 unspecified atom stereocenters. The molecule has 2 aliphatic heterocycles. The maximum absolute atomic E-state index is 13.6. The van der Waals surface area contributed by atoms with Crippen molar-refractivity contribution in [3.63, 3.8) is 0 Å². The number of hydrogen-bond donors (Lipinski definition) is 3. The van der Waals surface area contributed by atoms with E-state index in [2.05, 4.69) is 25.5 Å². The maximum Gasteiger partial charge on any atom is 0.437 e. The van der Waals surface area contributed by atoms with Gasteiger partial charge in [-0.3, -0.25) is 4.79 Å². The molecule has 5 rings (SSSR count). The number of nitrogens with one attached hydrogen (secondary N) is 2. The number of nitrogens with zero attached hydrogens (tertiary/aromatic N) is 4. The topological polar surface area (TPSA) is 107 Å². The van der Waals surface area contributed by atoms with E-state index in [9.17, 15) is 23.1 Å². The van der Waals surface area contributed by atoms with E-state index in [0.717, 1.165) is 44.9 Å². The van der Waals surface area contributed by atoms with E-state index in [1.807, 2.05) is 0 Å². The monoisotopic (exact) mass is 508 g/mol. The number of oxazole rings is 1. The number of carbonyl (C=O) groups is 1. The Morgan fingerprint density at radius 2 is 1.78 bits per heavy atom. The molecule has 9 nitrogen and oxygen atoms in total. The molecule has 3 fully saturated rings.